The van der Waals surface area contributed by atoms with Gasteiger partial charge in [-0.2, -0.15) is 4.98 Å². The number of amides is 1. The van der Waals surface area contributed by atoms with E-state index in [4.69, 9.17) is 4.52 Å². The van der Waals surface area contributed by atoms with E-state index in [0.29, 0.717) is 17.3 Å². The van der Waals surface area contributed by atoms with Crippen molar-refractivity contribution in [3.8, 4) is 0 Å². The van der Waals surface area contributed by atoms with Crippen LogP contribution in [0.5, 0.6) is 0 Å². The van der Waals surface area contributed by atoms with Crippen molar-refractivity contribution >= 4 is 5.91 Å². The lowest BCUT2D eigenvalue weighted by Crippen LogP contribution is -2.29. The topological polar surface area (TPSA) is 88.2 Å². The summed E-state index contributed by atoms with van der Waals surface area (Å²) >= 11 is 0. The van der Waals surface area contributed by atoms with Crippen LogP contribution in [0.15, 0.2) is 34.9 Å². The van der Waals surface area contributed by atoms with Gasteiger partial charge < -0.3 is 14.9 Å². The second kappa shape index (κ2) is 6.05. The Morgan fingerprint density at radius 2 is 2.00 bits per heavy atom. The number of nitrogens with one attached hydrogen (secondary N) is 1. The fourth-order valence-electron chi connectivity index (χ4n) is 1.68. The van der Waals surface area contributed by atoms with Crippen LogP contribution in [-0.2, 0) is 16.8 Å². The van der Waals surface area contributed by atoms with Crippen molar-refractivity contribution in [1.82, 2.24) is 15.5 Å². The number of nitrogens with zero attached hydrogens (tertiary/aromatic N) is 2. The van der Waals surface area contributed by atoms with Crippen LogP contribution in [0.4, 0.5) is 0 Å². The van der Waals surface area contributed by atoms with E-state index in [0.717, 1.165) is 0 Å². The molecule has 0 aliphatic carbocycles. The van der Waals surface area contributed by atoms with Gasteiger partial charge in [0, 0.05) is 5.41 Å². The van der Waals surface area contributed by atoms with Crippen LogP contribution >= 0.6 is 0 Å². The quantitative estimate of drug-likeness (QED) is 0.894. The first kappa shape index (κ1) is 15.2. The maximum atomic E-state index is 11.9. The molecule has 1 heterocycles. The first-order chi connectivity index (χ1) is 9.88. The van der Waals surface area contributed by atoms with Gasteiger partial charge in [-0.25, -0.2) is 0 Å². The van der Waals surface area contributed by atoms with E-state index in [1.165, 1.54) is 0 Å². The summed E-state index contributed by atoms with van der Waals surface area (Å²) in [5, 5.41) is 16.3. The Morgan fingerprint density at radius 3 is 2.57 bits per heavy atom. The Balaban J connectivity index is 1.94. The van der Waals surface area contributed by atoms with Gasteiger partial charge in [0.25, 0.3) is 5.91 Å². The first-order valence-electron chi connectivity index (χ1n) is 6.71. The predicted octanol–water partition coefficient (Wildman–Crippen LogP) is 1.72. The van der Waals surface area contributed by atoms with Crippen LogP contribution in [0, 0.1) is 0 Å². The van der Waals surface area contributed by atoms with E-state index < -0.39 is 12.0 Å². The van der Waals surface area contributed by atoms with Crippen molar-refractivity contribution < 1.29 is 14.4 Å². The smallest absolute Gasteiger partial charge is 0.253 e. The molecule has 1 unspecified atom stereocenters. The molecule has 0 bridgehead atoms. The van der Waals surface area contributed by atoms with Gasteiger partial charge >= 0.3 is 0 Å². The van der Waals surface area contributed by atoms with Gasteiger partial charge in [0.15, 0.2) is 11.9 Å². The third kappa shape index (κ3) is 3.88. The van der Waals surface area contributed by atoms with E-state index in [-0.39, 0.29) is 12.0 Å². The van der Waals surface area contributed by atoms with Crippen molar-refractivity contribution in [2.75, 3.05) is 0 Å². The van der Waals surface area contributed by atoms with Crippen molar-refractivity contribution in [2.24, 2.45) is 0 Å². The summed E-state index contributed by atoms with van der Waals surface area (Å²) in [7, 11) is 0. The number of aliphatic hydroxyl groups is 1. The van der Waals surface area contributed by atoms with Crippen molar-refractivity contribution in [3.05, 3.63) is 47.6 Å². The molecule has 21 heavy (non-hydrogen) atoms. The van der Waals surface area contributed by atoms with E-state index in [1.54, 1.807) is 24.3 Å². The summed E-state index contributed by atoms with van der Waals surface area (Å²) in [6, 6.07) is 8.73. The van der Waals surface area contributed by atoms with Gasteiger partial charge in [-0.15, -0.1) is 0 Å². The molecule has 1 aromatic carbocycles. The SMILES string of the molecule is CC(C)(C)c1nc(CNC(=O)C(O)c2ccccc2)no1. The summed E-state index contributed by atoms with van der Waals surface area (Å²) in [4.78, 5) is 16.1. The monoisotopic (exact) mass is 289 g/mol. The minimum absolute atomic E-state index is 0.113. The number of carbonyl (C=O) groups excluding carboxylic acids is 1. The Labute approximate surface area is 123 Å². The van der Waals surface area contributed by atoms with Gasteiger partial charge in [0.05, 0.1) is 6.54 Å². The molecule has 2 N–H and O–H groups in total. The highest BCUT2D eigenvalue weighted by Crippen LogP contribution is 2.19. The predicted molar refractivity (Wildman–Crippen MR) is 76.2 cm³/mol. The highest BCUT2D eigenvalue weighted by atomic mass is 16.5. The molecule has 1 aromatic heterocycles. The maximum absolute atomic E-state index is 11.9. The largest absolute Gasteiger partial charge is 0.378 e. The Bertz CT molecular complexity index is 602. The van der Waals surface area contributed by atoms with Crippen LogP contribution in [-0.4, -0.2) is 21.2 Å². The van der Waals surface area contributed by atoms with Crippen LogP contribution < -0.4 is 5.32 Å². The molecular weight excluding hydrogens is 270 g/mol. The van der Waals surface area contributed by atoms with Gasteiger partial charge in [-0.1, -0.05) is 56.3 Å². The lowest BCUT2D eigenvalue weighted by atomic mass is 9.97. The van der Waals surface area contributed by atoms with Crippen molar-refractivity contribution in [1.29, 1.82) is 0 Å². The van der Waals surface area contributed by atoms with Gasteiger partial charge in [0.1, 0.15) is 0 Å². The van der Waals surface area contributed by atoms with Gasteiger partial charge in [-0.3, -0.25) is 4.79 Å². The molecule has 2 aromatic rings. The normalized spacial score (nSPS) is 13.0. The zero-order valence-corrected chi connectivity index (χ0v) is 12.3. The van der Waals surface area contributed by atoms with Gasteiger partial charge in [-0.05, 0) is 5.56 Å². The molecule has 1 amide bonds. The van der Waals surface area contributed by atoms with Crippen molar-refractivity contribution in [2.45, 2.75) is 38.8 Å². The van der Waals surface area contributed by atoms with Crippen LogP contribution in [0.2, 0.25) is 0 Å². The van der Waals surface area contributed by atoms with E-state index in [2.05, 4.69) is 15.5 Å². The highest BCUT2D eigenvalue weighted by Gasteiger charge is 2.22. The van der Waals surface area contributed by atoms with Gasteiger partial charge in [0.2, 0.25) is 5.89 Å². The number of hydrogen-bond donors (Lipinski definition) is 2. The average molecular weight is 289 g/mol. The molecule has 0 saturated carbocycles. The second-order valence-corrected chi connectivity index (χ2v) is 5.80. The number of hydrogen-bond acceptors (Lipinski definition) is 5. The lowest BCUT2D eigenvalue weighted by molar-refractivity contribution is -0.129. The standard InChI is InChI=1S/C15H19N3O3/c1-15(2,3)14-17-11(18-21-14)9-16-13(20)12(19)10-7-5-4-6-8-10/h4-8,12,19H,9H2,1-3H3,(H,16,20). The summed E-state index contributed by atoms with van der Waals surface area (Å²) < 4.78 is 5.13. The number of aromatic nitrogens is 2. The average Bonchev–Trinajstić information content (AvgIpc) is 2.94. The molecule has 0 aliphatic rings. The Morgan fingerprint density at radius 1 is 1.33 bits per heavy atom. The third-order valence-corrected chi connectivity index (χ3v) is 2.89. The maximum Gasteiger partial charge on any atom is 0.253 e. The highest BCUT2D eigenvalue weighted by molar-refractivity contribution is 5.81. The molecule has 0 radical (unpaired) electrons. The molecular formula is C15H19N3O3. The Kier molecular flexibility index (Phi) is 4.37. The fourth-order valence-corrected chi connectivity index (χ4v) is 1.68. The molecule has 6 heteroatoms. The minimum atomic E-state index is -1.21. The minimum Gasteiger partial charge on any atom is -0.378 e. The number of rotatable bonds is 4. The number of carbonyl (C=O) groups is 1. The number of aliphatic hydroxyl groups excluding tert-OH is 1. The molecule has 0 aliphatic heterocycles. The first-order valence-corrected chi connectivity index (χ1v) is 6.71. The van der Waals surface area contributed by atoms with E-state index in [1.807, 2.05) is 26.8 Å². The van der Waals surface area contributed by atoms with Crippen LogP contribution in [0.25, 0.3) is 0 Å². The zero-order chi connectivity index (χ0) is 15.5. The molecule has 0 saturated heterocycles. The number of benzene rings is 1. The summed E-state index contributed by atoms with van der Waals surface area (Å²) in [5.74, 6) is 0.396. The second-order valence-electron chi connectivity index (χ2n) is 5.80. The van der Waals surface area contributed by atoms with Crippen LogP contribution in [0.1, 0.15) is 44.2 Å². The molecule has 112 valence electrons. The molecule has 0 spiro atoms. The summed E-state index contributed by atoms with van der Waals surface area (Å²) in [6.45, 7) is 5.99. The van der Waals surface area contributed by atoms with E-state index >= 15 is 0 Å². The lowest BCUT2D eigenvalue weighted by Gasteiger charge is -2.11. The zero-order valence-electron chi connectivity index (χ0n) is 12.3. The third-order valence-electron chi connectivity index (χ3n) is 2.89. The van der Waals surface area contributed by atoms with Crippen molar-refractivity contribution in [3.63, 3.8) is 0 Å². The van der Waals surface area contributed by atoms with Crippen LogP contribution in [0.3, 0.4) is 0 Å². The van der Waals surface area contributed by atoms with E-state index in [9.17, 15) is 9.90 Å². The molecule has 1 atom stereocenters. The summed E-state index contributed by atoms with van der Waals surface area (Å²) in [6.07, 6.45) is -1.21. The summed E-state index contributed by atoms with van der Waals surface area (Å²) in [5.41, 5.74) is 0.303. The molecule has 6 nitrogen and oxygen atoms in total. The molecule has 2 rings (SSSR count). The molecule has 0 fully saturated rings. The Hall–Kier alpha value is -2.21. The fraction of sp³-hybridized carbons (Fsp3) is 0.400.